The Morgan fingerprint density at radius 3 is 2.38 bits per heavy atom. The molecule has 3 aromatic rings. The highest BCUT2D eigenvalue weighted by Gasteiger charge is 2.37. The summed E-state index contributed by atoms with van der Waals surface area (Å²) in [4.78, 5) is 40.0. The minimum Gasteiger partial charge on any atom is -0.457 e. The van der Waals surface area contributed by atoms with E-state index < -0.39 is 17.7 Å². The number of ether oxygens (including phenoxy) is 1. The number of aromatic amines is 1. The lowest BCUT2D eigenvalue weighted by Gasteiger charge is -2.28. The molecule has 8 heteroatoms. The number of H-pyrrole nitrogens is 1. The number of carbonyl (C=O) groups excluding carboxylic acids is 1. The van der Waals surface area contributed by atoms with Gasteiger partial charge in [-0.2, -0.15) is 0 Å². The molecule has 2 aromatic carbocycles. The molecule has 8 nitrogen and oxygen atoms in total. The average Bonchev–Trinajstić information content (AvgIpc) is 3.21. The van der Waals surface area contributed by atoms with Crippen molar-refractivity contribution < 1.29 is 14.6 Å². The molecule has 3 atom stereocenters. The molecule has 1 saturated carbocycles. The fraction of sp³-hybridized carbons (Fsp3) is 0.346. The number of nitrogens with zero attached hydrogens (tertiary/aromatic N) is 1. The van der Waals surface area contributed by atoms with Gasteiger partial charge in [0.15, 0.2) is 0 Å². The number of amides is 1. The second-order valence-electron chi connectivity index (χ2n) is 8.98. The second kappa shape index (κ2) is 8.95. The van der Waals surface area contributed by atoms with Gasteiger partial charge in [-0.05, 0) is 31.4 Å². The van der Waals surface area contributed by atoms with Crippen molar-refractivity contribution in [3.63, 3.8) is 0 Å². The number of aliphatic hydroxyl groups excluding tert-OH is 1. The van der Waals surface area contributed by atoms with E-state index in [-0.39, 0.29) is 30.0 Å². The van der Waals surface area contributed by atoms with Crippen LogP contribution in [0.5, 0.6) is 11.5 Å². The maximum atomic E-state index is 13.4. The van der Waals surface area contributed by atoms with Gasteiger partial charge in [-0.25, -0.2) is 4.79 Å². The molecule has 1 amide bonds. The van der Waals surface area contributed by atoms with Gasteiger partial charge in [-0.3, -0.25) is 19.1 Å². The highest BCUT2D eigenvalue weighted by molar-refractivity contribution is 5.89. The first-order chi connectivity index (χ1) is 16.5. The van der Waals surface area contributed by atoms with Crippen LogP contribution in [0.4, 0.5) is 0 Å². The third-order valence-corrected chi connectivity index (χ3v) is 6.93. The van der Waals surface area contributed by atoms with E-state index >= 15 is 0 Å². The molecule has 0 unspecified atom stereocenters. The minimum atomic E-state index is -0.663. The number of aliphatic hydroxyl groups is 1. The molecule has 1 aliphatic carbocycles. The molecule has 176 valence electrons. The van der Waals surface area contributed by atoms with E-state index in [1.54, 1.807) is 6.20 Å². The zero-order valence-electron chi connectivity index (χ0n) is 18.9. The van der Waals surface area contributed by atoms with E-state index in [1.807, 2.05) is 55.5 Å². The molecular formula is C26H27N3O5. The van der Waals surface area contributed by atoms with Crippen molar-refractivity contribution in [2.45, 2.75) is 44.2 Å². The Labute approximate surface area is 196 Å². The van der Waals surface area contributed by atoms with Crippen LogP contribution in [-0.4, -0.2) is 33.2 Å². The van der Waals surface area contributed by atoms with E-state index in [4.69, 9.17) is 4.74 Å². The summed E-state index contributed by atoms with van der Waals surface area (Å²) in [7, 11) is 0. The summed E-state index contributed by atoms with van der Waals surface area (Å²) in [5.74, 6) is 0.443. The quantitative estimate of drug-likeness (QED) is 0.540. The van der Waals surface area contributed by atoms with Gasteiger partial charge in [-0.1, -0.05) is 43.3 Å². The van der Waals surface area contributed by atoms with Gasteiger partial charge in [0.25, 0.3) is 5.56 Å². The van der Waals surface area contributed by atoms with E-state index in [0.29, 0.717) is 36.3 Å². The Balaban J connectivity index is 1.33. The van der Waals surface area contributed by atoms with Gasteiger partial charge in [0.1, 0.15) is 11.5 Å². The Morgan fingerprint density at radius 1 is 1.09 bits per heavy atom. The largest absolute Gasteiger partial charge is 0.457 e. The van der Waals surface area contributed by atoms with Crippen LogP contribution in [0.15, 0.2) is 64.3 Å². The van der Waals surface area contributed by atoms with Crippen LogP contribution in [0.3, 0.4) is 0 Å². The monoisotopic (exact) mass is 461 g/mol. The second-order valence-corrected chi connectivity index (χ2v) is 8.98. The minimum absolute atomic E-state index is 0.159. The van der Waals surface area contributed by atoms with Crippen molar-refractivity contribution in [3.05, 3.63) is 92.3 Å². The van der Waals surface area contributed by atoms with Gasteiger partial charge >= 0.3 is 5.69 Å². The summed E-state index contributed by atoms with van der Waals surface area (Å²) >= 11 is 0. The molecule has 5 rings (SSSR count). The van der Waals surface area contributed by atoms with Gasteiger partial charge in [0.2, 0.25) is 5.91 Å². The Bertz CT molecular complexity index is 1300. The van der Waals surface area contributed by atoms with Crippen LogP contribution >= 0.6 is 0 Å². The van der Waals surface area contributed by atoms with Crippen LogP contribution in [0.1, 0.15) is 48.4 Å². The van der Waals surface area contributed by atoms with E-state index in [2.05, 4.69) is 10.3 Å². The van der Waals surface area contributed by atoms with Crippen LogP contribution in [0, 0.1) is 5.92 Å². The number of hydrogen-bond acceptors (Lipinski definition) is 5. The fourth-order valence-corrected chi connectivity index (χ4v) is 5.10. The Morgan fingerprint density at radius 2 is 1.74 bits per heavy atom. The molecule has 1 fully saturated rings. The van der Waals surface area contributed by atoms with Crippen molar-refractivity contribution in [2.24, 2.45) is 5.92 Å². The van der Waals surface area contributed by atoms with Gasteiger partial charge in [0, 0.05) is 41.4 Å². The molecule has 0 bridgehead atoms. The average molecular weight is 462 g/mol. The summed E-state index contributed by atoms with van der Waals surface area (Å²) in [5, 5.41) is 13.7. The number of carbonyl (C=O) groups is 1. The van der Waals surface area contributed by atoms with E-state index in [0.717, 1.165) is 11.1 Å². The summed E-state index contributed by atoms with van der Waals surface area (Å²) in [5.41, 5.74) is 1.29. The zero-order chi connectivity index (χ0) is 23.8. The van der Waals surface area contributed by atoms with Gasteiger partial charge in [-0.15, -0.1) is 0 Å². The lowest BCUT2D eigenvalue weighted by molar-refractivity contribution is -0.122. The van der Waals surface area contributed by atoms with Gasteiger partial charge in [0.05, 0.1) is 12.0 Å². The molecule has 2 heterocycles. The number of nitrogens with one attached hydrogen (secondary N) is 2. The van der Waals surface area contributed by atoms with Crippen molar-refractivity contribution in [1.29, 1.82) is 0 Å². The van der Waals surface area contributed by atoms with Crippen molar-refractivity contribution in [1.82, 2.24) is 14.9 Å². The predicted molar refractivity (Wildman–Crippen MR) is 126 cm³/mol. The highest BCUT2D eigenvalue weighted by atomic mass is 16.5. The SMILES string of the molecule is CCc1cn([C@@H]2C[C@H](CNC(=O)C3c4ccccc4Oc4ccccc43)[C@@H](O)C2)c(=O)[nH]c1=O. The van der Waals surface area contributed by atoms with Crippen molar-refractivity contribution >= 4 is 5.91 Å². The van der Waals surface area contributed by atoms with Crippen LogP contribution in [0.25, 0.3) is 0 Å². The summed E-state index contributed by atoms with van der Waals surface area (Å²) in [6.45, 7) is 2.14. The molecule has 34 heavy (non-hydrogen) atoms. The molecule has 0 spiro atoms. The number of aryl methyl sites for hydroxylation is 1. The van der Waals surface area contributed by atoms with Crippen molar-refractivity contribution in [2.75, 3.05) is 6.54 Å². The smallest absolute Gasteiger partial charge is 0.328 e. The first-order valence-electron chi connectivity index (χ1n) is 11.6. The Kier molecular flexibility index (Phi) is 5.83. The highest BCUT2D eigenvalue weighted by Crippen LogP contribution is 2.44. The first-order valence-corrected chi connectivity index (χ1v) is 11.6. The predicted octanol–water partition coefficient (Wildman–Crippen LogP) is 2.46. The zero-order valence-corrected chi connectivity index (χ0v) is 18.9. The summed E-state index contributed by atoms with van der Waals surface area (Å²) in [6, 6.07) is 14.8. The molecule has 2 aliphatic rings. The summed E-state index contributed by atoms with van der Waals surface area (Å²) in [6.07, 6.45) is 2.35. The normalized spacial score (nSPS) is 21.4. The molecule has 0 saturated heterocycles. The van der Waals surface area contributed by atoms with Crippen LogP contribution in [0.2, 0.25) is 0 Å². The number of fused-ring (bicyclic) bond motifs is 2. The molecule has 1 aliphatic heterocycles. The van der Waals surface area contributed by atoms with Crippen LogP contribution < -0.4 is 21.3 Å². The number of hydrogen-bond donors (Lipinski definition) is 3. The van der Waals surface area contributed by atoms with E-state index in [1.165, 1.54) is 4.57 Å². The van der Waals surface area contributed by atoms with E-state index in [9.17, 15) is 19.5 Å². The fourth-order valence-electron chi connectivity index (χ4n) is 5.10. The van der Waals surface area contributed by atoms with Gasteiger partial charge < -0.3 is 15.2 Å². The lowest BCUT2D eigenvalue weighted by atomic mass is 9.87. The third kappa shape index (κ3) is 3.94. The standard InChI is InChI=1S/C26H27N3O5/c1-2-15-14-29(26(33)28-24(15)31)17-11-16(20(30)12-17)13-27-25(32)23-18-7-3-5-9-21(18)34-22-10-6-4-8-19(22)23/h3-10,14,16-17,20,23,30H,2,11-13H2,1H3,(H,27,32)(H,28,31,33)/t16-,17-,20+/m1/s1. The lowest BCUT2D eigenvalue weighted by Crippen LogP contribution is -2.37. The maximum Gasteiger partial charge on any atom is 0.328 e. The summed E-state index contributed by atoms with van der Waals surface area (Å²) < 4.78 is 7.49. The topological polar surface area (TPSA) is 113 Å². The Hall–Kier alpha value is -3.65. The molecular weight excluding hydrogens is 434 g/mol. The number of rotatable bonds is 5. The van der Waals surface area contributed by atoms with Crippen molar-refractivity contribution in [3.8, 4) is 11.5 Å². The molecule has 3 N–H and O–H groups in total. The third-order valence-electron chi connectivity index (χ3n) is 6.93. The number of para-hydroxylation sites is 2. The molecule has 1 aromatic heterocycles. The number of benzene rings is 2. The molecule has 0 radical (unpaired) electrons. The maximum absolute atomic E-state index is 13.4. The number of aromatic nitrogens is 2. The van der Waals surface area contributed by atoms with Crippen LogP contribution in [-0.2, 0) is 11.2 Å². The first kappa shape index (κ1) is 22.2.